The van der Waals surface area contributed by atoms with Gasteiger partial charge in [0.05, 0.1) is 0 Å². The Morgan fingerprint density at radius 1 is 1.19 bits per heavy atom. The molecule has 0 atom stereocenters. The number of rotatable bonds is 9. The fourth-order valence-electron chi connectivity index (χ4n) is 2.56. The number of aryl methyl sites for hydroxylation is 1. The van der Waals surface area contributed by atoms with Gasteiger partial charge in [-0.2, -0.15) is 0 Å². The summed E-state index contributed by atoms with van der Waals surface area (Å²) in [4.78, 5) is 0. The summed E-state index contributed by atoms with van der Waals surface area (Å²) in [6.45, 7) is 3.43. The Kier molecular flexibility index (Phi) is 6.59. The van der Waals surface area contributed by atoms with Gasteiger partial charge in [0.2, 0.25) is 5.95 Å². The fraction of sp³-hybridized carbons (Fsp3) is 0.316. The maximum absolute atomic E-state index is 13.8. The molecule has 0 bridgehead atoms. The zero-order valence-corrected chi connectivity index (χ0v) is 15.8. The van der Waals surface area contributed by atoms with Crippen molar-refractivity contribution in [2.75, 3.05) is 5.32 Å². The van der Waals surface area contributed by atoms with E-state index in [2.05, 4.69) is 27.8 Å². The van der Waals surface area contributed by atoms with Crippen LogP contribution in [0.25, 0.3) is 0 Å². The zero-order chi connectivity index (χ0) is 19.1. The van der Waals surface area contributed by atoms with Crippen LogP contribution in [0.3, 0.4) is 0 Å². The number of benzene rings is 2. The number of aromatic nitrogens is 4. The van der Waals surface area contributed by atoms with Crippen molar-refractivity contribution in [2.45, 2.75) is 39.5 Å². The van der Waals surface area contributed by atoms with Crippen LogP contribution in [-0.2, 0) is 19.7 Å². The van der Waals surface area contributed by atoms with E-state index in [1.54, 1.807) is 35.0 Å². The normalized spacial score (nSPS) is 10.8. The Morgan fingerprint density at radius 3 is 2.85 bits per heavy atom. The van der Waals surface area contributed by atoms with Crippen LogP contribution in [0.15, 0.2) is 42.5 Å². The first-order valence-corrected chi connectivity index (χ1v) is 9.20. The number of ether oxygens (including phenoxy) is 1. The quantitative estimate of drug-likeness (QED) is 0.585. The van der Waals surface area contributed by atoms with E-state index in [1.807, 2.05) is 6.07 Å². The second kappa shape index (κ2) is 9.32. The van der Waals surface area contributed by atoms with E-state index in [4.69, 9.17) is 16.3 Å². The number of anilines is 1. The molecule has 0 amide bonds. The molecule has 0 aliphatic rings. The smallest absolute Gasteiger partial charge is 0.243 e. The van der Waals surface area contributed by atoms with Crippen molar-refractivity contribution in [2.24, 2.45) is 0 Å². The lowest BCUT2D eigenvalue weighted by atomic mass is 10.2. The molecule has 6 nitrogen and oxygen atoms in total. The van der Waals surface area contributed by atoms with Crippen LogP contribution in [0.5, 0.6) is 5.75 Å². The van der Waals surface area contributed by atoms with E-state index in [9.17, 15) is 4.39 Å². The molecule has 8 heteroatoms. The molecule has 1 N–H and O–H groups in total. The third kappa shape index (κ3) is 5.17. The number of hydrogen-bond donors (Lipinski definition) is 1. The average molecular weight is 390 g/mol. The minimum Gasteiger partial charge on any atom is -0.488 e. The summed E-state index contributed by atoms with van der Waals surface area (Å²) in [5.74, 6) is 0.924. The van der Waals surface area contributed by atoms with Crippen molar-refractivity contribution in [1.82, 2.24) is 20.2 Å². The highest BCUT2D eigenvalue weighted by molar-refractivity contribution is 6.30. The summed E-state index contributed by atoms with van der Waals surface area (Å²) >= 11 is 6.13. The summed E-state index contributed by atoms with van der Waals surface area (Å²) in [6.07, 6.45) is 2.05. The predicted molar refractivity (Wildman–Crippen MR) is 102 cm³/mol. The molecule has 27 heavy (non-hydrogen) atoms. The average Bonchev–Trinajstić information content (AvgIpc) is 3.12. The van der Waals surface area contributed by atoms with Crippen LogP contribution in [0, 0.1) is 5.82 Å². The second-order valence-corrected chi connectivity index (χ2v) is 6.50. The van der Waals surface area contributed by atoms with Gasteiger partial charge in [0.15, 0.2) is 0 Å². The van der Waals surface area contributed by atoms with Gasteiger partial charge in [-0.15, -0.1) is 0 Å². The van der Waals surface area contributed by atoms with Gasteiger partial charge in [0, 0.05) is 29.2 Å². The minimum absolute atomic E-state index is 0.134. The van der Waals surface area contributed by atoms with Crippen LogP contribution in [0.2, 0.25) is 5.02 Å². The van der Waals surface area contributed by atoms with Crippen molar-refractivity contribution in [3.63, 3.8) is 0 Å². The SMILES string of the molecule is CCCCn1nnnc1NCc1cc(Cl)ccc1OCc1ccccc1F. The molecule has 0 saturated heterocycles. The number of tetrazole rings is 1. The topological polar surface area (TPSA) is 64.9 Å². The van der Waals surface area contributed by atoms with Crippen LogP contribution < -0.4 is 10.1 Å². The summed E-state index contributed by atoms with van der Waals surface area (Å²) in [5, 5.41) is 15.5. The largest absolute Gasteiger partial charge is 0.488 e. The van der Waals surface area contributed by atoms with Gasteiger partial charge in [-0.1, -0.05) is 48.2 Å². The van der Waals surface area contributed by atoms with E-state index in [-0.39, 0.29) is 12.4 Å². The van der Waals surface area contributed by atoms with Gasteiger partial charge in [-0.05, 0) is 41.1 Å². The maximum Gasteiger partial charge on any atom is 0.243 e. The van der Waals surface area contributed by atoms with E-state index < -0.39 is 0 Å². The Bertz CT molecular complexity index is 886. The molecular formula is C19H21ClFN5O. The monoisotopic (exact) mass is 389 g/mol. The number of nitrogens with zero attached hydrogens (tertiary/aromatic N) is 4. The number of hydrogen-bond acceptors (Lipinski definition) is 5. The number of nitrogens with one attached hydrogen (secondary N) is 1. The van der Waals surface area contributed by atoms with E-state index in [0.29, 0.717) is 28.8 Å². The molecule has 2 aromatic carbocycles. The molecule has 3 aromatic rings. The van der Waals surface area contributed by atoms with Gasteiger partial charge in [-0.3, -0.25) is 0 Å². The molecule has 0 aliphatic heterocycles. The van der Waals surface area contributed by atoms with Gasteiger partial charge >= 0.3 is 0 Å². The molecule has 0 fully saturated rings. The highest BCUT2D eigenvalue weighted by Gasteiger charge is 2.10. The molecule has 0 saturated carbocycles. The number of unbranched alkanes of at least 4 members (excludes halogenated alkanes) is 1. The van der Waals surface area contributed by atoms with Crippen molar-refractivity contribution < 1.29 is 9.13 Å². The lowest BCUT2D eigenvalue weighted by molar-refractivity contribution is 0.297. The maximum atomic E-state index is 13.8. The first-order chi connectivity index (χ1) is 13.2. The van der Waals surface area contributed by atoms with Crippen molar-refractivity contribution in [3.05, 3.63) is 64.4 Å². The fourth-order valence-corrected chi connectivity index (χ4v) is 2.76. The van der Waals surface area contributed by atoms with Crippen molar-refractivity contribution in [1.29, 1.82) is 0 Å². The van der Waals surface area contributed by atoms with Gasteiger partial charge in [-0.25, -0.2) is 9.07 Å². The predicted octanol–water partition coefficient (Wildman–Crippen LogP) is 4.46. The summed E-state index contributed by atoms with van der Waals surface area (Å²) in [7, 11) is 0. The summed E-state index contributed by atoms with van der Waals surface area (Å²) in [5.41, 5.74) is 1.33. The highest BCUT2D eigenvalue weighted by Crippen LogP contribution is 2.25. The molecule has 1 aromatic heterocycles. The van der Waals surface area contributed by atoms with Crippen LogP contribution in [0.4, 0.5) is 10.3 Å². The third-order valence-corrected chi connectivity index (χ3v) is 4.29. The van der Waals surface area contributed by atoms with E-state index in [0.717, 1.165) is 24.9 Å². The zero-order valence-electron chi connectivity index (χ0n) is 15.0. The molecular weight excluding hydrogens is 369 g/mol. The van der Waals surface area contributed by atoms with E-state index >= 15 is 0 Å². The lowest BCUT2D eigenvalue weighted by Gasteiger charge is -2.13. The van der Waals surface area contributed by atoms with Gasteiger partial charge in [0.25, 0.3) is 0 Å². The molecule has 142 valence electrons. The second-order valence-electron chi connectivity index (χ2n) is 6.06. The summed E-state index contributed by atoms with van der Waals surface area (Å²) in [6, 6.07) is 11.9. The lowest BCUT2D eigenvalue weighted by Crippen LogP contribution is -2.10. The molecule has 0 radical (unpaired) electrons. The summed E-state index contributed by atoms with van der Waals surface area (Å²) < 4.78 is 21.4. The molecule has 1 heterocycles. The molecule has 0 unspecified atom stereocenters. The van der Waals surface area contributed by atoms with Crippen molar-refractivity contribution in [3.8, 4) is 5.75 Å². The van der Waals surface area contributed by atoms with Crippen LogP contribution >= 0.6 is 11.6 Å². The highest BCUT2D eigenvalue weighted by atomic mass is 35.5. The first kappa shape index (κ1) is 19.1. The number of halogens is 2. The molecule has 0 aliphatic carbocycles. The Hall–Kier alpha value is -2.67. The Morgan fingerprint density at radius 2 is 2.04 bits per heavy atom. The third-order valence-electron chi connectivity index (χ3n) is 4.06. The Labute approximate surface area is 162 Å². The van der Waals surface area contributed by atoms with E-state index in [1.165, 1.54) is 6.07 Å². The molecule has 0 spiro atoms. The van der Waals surface area contributed by atoms with Gasteiger partial charge < -0.3 is 10.1 Å². The van der Waals surface area contributed by atoms with Crippen LogP contribution in [0.1, 0.15) is 30.9 Å². The minimum atomic E-state index is -0.291. The van der Waals surface area contributed by atoms with Crippen LogP contribution in [-0.4, -0.2) is 20.2 Å². The molecule has 3 rings (SSSR count). The Balaban J connectivity index is 1.69. The standard InChI is InChI=1S/C19H21ClFN5O/c1-2-3-10-26-19(23-24-25-26)22-12-15-11-16(20)8-9-18(15)27-13-14-6-4-5-7-17(14)21/h4-9,11H,2-3,10,12-13H2,1H3,(H,22,23,25). The van der Waals surface area contributed by atoms with Crippen molar-refractivity contribution >= 4 is 17.5 Å². The van der Waals surface area contributed by atoms with Gasteiger partial charge in [0.1, 0.15) is 18.2 Å². The first-order valence-electron chi connectivity index (χ1n) is 8.82.